The number of rotatable bonds is 2. The van der Waals surface area contributed by atoms with E-state index in [1.54, 1.807) is 0 Å². The summed E-state index contributed by atoms with van der Waals surface area (Å²) in [5.74, 6) is 0.514. The number of alkyl halides is 3. The van der Waals surface area contributed by atoms with Gasteiger partial charge in [0, 0.05) is 12.8 Å². The molecule has 1 saturated carbocycles. The molecule has 0 bridgehead atoms. The maximum atomic E-state index is 12.3. The van der Waals surface area contributed by atoms with Crippen molar-refractivity contribution >= 4 is 5.78 Å². The molecule has 5 heteroatoms. The first-order chi connectivity index (χ1) is 7.95. The molecule has 0 N–H and O–H groups in total. The third kappa shape index (κ3) is 2.99. The minimum Gasteiger partial charge on any atom is -0.490 e. The van der Waals surface area contributed by atoms with Gasteiger partial charge >= 0.3 is 6.18 Å². The van der Waals surface area contributed by atoms with E-state index in [0.717, 1.165) is 12.1 Å². The number of carbonyl (C=O) groups is 1. The fourth-order valence-electron chi connectivity index (χ4n) is 1.80. The molecule has 0 amide bonds. The van der Waals surface area contributed by atoms with Crippen molar-refractivity contribution in [3.63, 3.8) is 0 Å². The number of carbonyl (C=O) groups excluding carboxylic acids is 1. The van der Waals surface area contributed by atoms with E-state index in [2.05, 4.69) is 0 Å². The minimum atomic E-state index is -4.33. The molecule has 0 saturated heterocycles. The molecule has 92 valence electrons. The van der Waals surface area contributed by atoms with Gasteiger partial charge in [-0.3, -0.25) is 4.79 Å². The van der Waals surface area contributed by atoms with Gasteiger partial charge in [-0.05, 0) is 30.7 Å². The molecule has 1 aromatic carbocycles. The van der Waals surface area contributed by atoms with Crippen LogP contribution in [0.5, 0.6) is 5.75 Å². The summed E-state index contributed by atoms with van der Waals surface area (Å²) in [6.45, 7) is 0. The Morgan fingerprint density at radius 3 is 2.29 bits per heavy atom. The van der Waals surface area contributed by atoms with Crippen LogP contribution in [0.2, 0.25) is 0 Å². The van der Waals surface area contributed by atoms with E-state index in [1.807, 2.05) is 0 Å². The Bertz CT molecular complexity index is 409. The van der Waals surface area contributed by atoms with E-state index >= 15 is 0 Å². The first kappa shape index (κ1) is 12.0. The highest BCUT2D eigenvalue weighted by atomic mass is 19.4. The number of ketones is 1. The molecule has 1 aliphatic rings. The maximum absolute atomic E-state index is 12.3. The topological polar surface area (TPSA) is 26.3 Å². The summed E-state index contributed by atoms with van der Waals surface area (Å²) < 4.78 is 42.3. The third-order valence-corrected chi connectivity index (χ3v) is 2.68. The molecule has 0 aromatic heterocycles. The number of hydrogen-bond donors (Lipinski definition) is 0. The van der Waals surface area contributed by atoms with Gasteiger partial charge in [0.1, 0.15) is 17.6 Å². The predicted octanol–water partition coefficient (Wildman–Crippen LogP) is 3.21. The summed E-state index contributed by atoms with van der Waals surface area (Å²) in [6.07, 6.45) is -3.05. The van der Waals surface area contributed by atoms with Crippen LogP contribution in [0.4, 0.5) is 13.2 Å². The van der Waals surface area contributed by atoms with Gasteiger partial charge < -0.3 is 4.74 Å². The summed E-state index contributed by atoms with van der Waals surface area (Å²) >= 11 is 0. The van der Waals surface area contributed by atoms with Crippen molar-refractivity contribution in [3.05, 3.63) is 29.8 Å². The molecule has 1 aliphatic carbocycles. The van der Waals surface area contributed by atoms with Crippen molar-refractivity contribution in [1.29, 1.82) is 0 Å². The van der Waals surface area contributed by atoms with Crippen molar-refractivity contribution in [2.75, 3.05) is 0 Å². The Morgan fingerprint density at radius 2 is 1.82 bits per heavy atom. The Morgan fingerprint density at radius 1 is 1.18 bits per heavy atom. The van der Waals surface area contributed by atoms with Gasteiger partial charge in [-0.2, -0.15) is 13.2 Å². The summed E-state index contributed by atoms with van der Waals surface area (Å²) in [5.41, 5.74) is -0.702. The fraction of sp³-hybridized carbons (Fsp3) is 0.417. The number of ether oxygens (including phenoxy) is 1. The standard InChI is InChI=1S/C12H11F3O2/c13-12(14,15)8-1-4-10(5-2-8)17-11-6-3-9(16)7-11/h1-2,4-5,11H,3,6-7H2. The van der Waals surface area contributed by atoms with Gasteiger partial charge in [0.05, 0.1) is 5.56 Å². The zero-order valence-corrected chi connectivity index (χ0v) is 8.96. The van der Waals surface area contributed by atoms with E-state index in [-0.39, 0.29) is 11.9 Å². The molecular formula is C12H11F3O2. The first-order valence-corrected chi connectivity index (χ1v) is 5.31. The van der Waals surface area contributed by atoms with Gasteiger partial charge in [-0.15, -0.1) is 0 Å². The van der Waals surface area contributed by atoms with E-state index < -0.39 is 11.7 Å². The number of benzene rings is 1. The monoisotopic (exact) mass is 244 g/mol. The lowest BCUT2D eigenvalue weighted by Crippen LogP contribution is -2.12. The molecule has 2 rings (SSSR count). The molecule has 1 aromatic rings. The van der Waals surface area contributed by atoms with Crippen LogP contribution in [0.1, 0.15) is 24.8 Å². The van der Waals surface area contributed by atoms with Gasteiger partial charge in [0.25, 0.3) is 0 Å². The summed E-state index contributed by atoms with van der Waals surface area (Å²) in [7, 11) is 0. The number of hydrogen-bond acceptors (Lipinski definition) is 2. The molecule has 0 radical (unpaired) electrons. The summed E-state index contributed by atoms with van der Waals surface area (Å²) in [6, 6.07) is 4.52. The van der Waals surface area contributed by atoms with Gasteiger partial charge in [-0.1, -0.05) is 0 Å². The largest absolute Gasteiger partial charge is 0.490 e. The zero-order chi connectivity index (χ0) is 12.5. The number of Topliss-reactive ketones (excluding diaryl/α,β-unsaturated/α-hetero) is 1. The van der Waals surface area contributed by atoms with E-state index in [0.29, 0.717) is 25.0 Å². The van der Waals surface area contributed by atoms with Crippen LogP contribution < -0.4 is 4.74 Å². The molecule has 1 atom stereocenters. The van der Waals surface area contributed by atoms with Crippen molar-refractivity contribution < 1.29 is 22.7 Å². The van der Waals surface area contributed by atoms with Crippen LogP contribution in [0.15, 0.2) is 24.3 Å². The fourth-order valence-corrected chi connectivity index (χ4v) is 1.80. The maximum Gasteiger partial charge on any atom is 0.416 e. The van der Waals surface area contributed by atoms with Crippen molar-refractivity contribution in [1.82, 2.24) is 0 Å². The van der Waals surface area contributed by atoms with Crippen LogP contribution in [0.25, 0.3) is 0 Å². The lowest BCUT2D eigenvalue weighted by Gasteiger charge is -2.13. The normalized spacial score (nSPS) is 20.6. The smallest absolute Gasteiger partial charge is 0.416 e. The zero-order valence-electron chi connectivity index (χ0n) is 8.96. The third-order valence-electron chi connectivity index (χ3n) is 2.68. The predicted molar refractivity (Wildman–Crippen MR) is 54.7 cm³/mol. The lowest BCUT2D eigenvalue weighted by atomic mass is 10.2. The van der Waals surface area contributed by atoms with E-state index in [9.17, 15) is 18.0 Å². The van der Waals surface area contributed by atoms with Gasteiger partial charge in [0.2, 0.25) is 0 Å². The summed E-state index contributed by atoms with van der Waals surface area (Å²) in [5, 5.41) is 0. The highest BCUT2D eigenvalue weighted by molar-refractivity contribution is 5.81. The quantitative estimate of drug-likeness (QED) is 0.798. The Labute approximate surface area is 96.4 Å². The van der Waals surface area contributed by atoms with Crippen LogP contribution >= 0.6 is 0 Å². The number of halogens is 3. The average molecular weight is 244 g/mol. The molecule has 1 fully saturated rings. The molecule has 0 spiro atoms. The average Bonchev–Trinajstić information content (AvgIpc) is 2.63. The highest BCUT2D eigenvalue weighted by Gasteiger charge is 2.30. The Kier molecular flexibility index (Phi) is 3.09. The molecule has 17 heavy (non-hydrogen) atoms. The van der Waals surface area contributed by atoms with Crippen LogP contribution in [0.3, 0.4) is 0 Å². The van der Waals surface area contributed by atoms with Crippen molar-refractivity contribution in [2.45, 2.75) is 31.5 Å². The SMILES string of the molecule is O=C1CCC(Oc2ccc(C(F)(F)F)cc2)C1. The van der Waals surface area contributed by atoms with Crippen LogP contribution in [-0.2, 0) is 11.0 Å². The van der Waals surface area contributed by atoms with Gasteiger partial charge in [-0.25, -0.2) is 0 Å². The highest BCUT2D eigenvalue weighted by Crippen LogP contribution is 2.31. The van der Waals surface area contributed by atoms with Crippen LogP contribution in [0, 0.1) is 0 Å². The molecular weight excluding hydrogens is 233 g/mol. The summed E-state index contributed by atoms with van der Waals surface area (Å²) in [4.78, 5) is 11.0. The first-order valence-electron chi connectivity index (χ1n) is 5.31. The second-order valence-electron chi connectivity index (χ2n) is 4.04. The Balaban J connectivity index is 2.01. The van der Waals surface area contributed by atoms with E-state index in [4.69, 9.17) is 4.74 Å². The van der Waals surface area contributed by atoms with Crippen molar-refractivity contribution in [3.8, 4) is 5.75 Å². The van der Waals surface area contributed by atoms with E-state index in [1.165, 1.54) is 12.1 Å². The lowest BCUT2D eigenvalue weighted by molar-refractivity contribution is -0.137. The molecule has 2 nitrogen and oxygen atoms in total. The van der Waals surface area contributed by atoms with Gasteiger partial charge in [0.15, 0.2) is 0 Å². The molecule has 0 heterocycles. The second-order valence-corrected chi connectivity index (χ2v) is 4.04. The molecule has 1 unspecified atom stereocenters. The Hall–Kier alpha value is -1.52. The second kappa shape index (κ2) is 4.39. The van der Waals surface area contributed by atoms with Crippen molar-refractivity contribution in [2.24, 2.45) is 0 Å². The van der Waals surface area contributed by atoms with Crippen LogP contribution in [-0.4, -0.2) is 11.9 Å². The minimum absolute atomic E-state index is 0.141. The molecule has 0 aliphatic heterocycles.